The number of unbranched alkanes of at least 4 members (excludes halogenated alkanes) is 4. The predicted octanol–water partition coefficient (Wildman–Crippen LogP) is 10.2. The van der Waals surface area contributed by atoms with Gasteiger partial charge < -0.3 is 19.5 Å². The maximum absolute atomic E-state index is 15.2. The summed E-state index contributed by atoms with van der Waals surface area (Å²) in [5.74, 6) is -0.576. The number of hydrogen-bond acceptors (Lipinski definition) is 5. The first-order chi connectivity index (χ1) is 27.4. The van der Waals surface area contributed by atoms with Crippen LogP contribution in [0.3, 0.4) is 0 Å². The summed E-state index contributed by atoms with van der Waals surface area (Å²) in [5.41, 5.74) is 7.87. The quantitative estimate of drug-likeness (QED) is 0.0852. The maximum atomic E-state index is 15.2. The summed E-state index contributed by atoms with van der Waals surface area (Å²) < 4.78 is 43.9. The van der Waals surface area contributed by atoms with Crippen molar-refractivity contribution in [1.82, 2.24) is 9.78 Å². The number of halogens is 2. The minimum Gasteiger partial charge on any atom is -0.399 e. The number of aliphatic hydroxyl groups is 2. The van der Waals surface area contributed by atoms with Crippen molar-refractivity contribution in [1.29, 1.82) is 0 Å². The number of para-hydroxylation sites is 1. The number of rotatable bonds is 14. The summed E-state index contributed by atoms with van der Waals surface area (Å²) in [6.45, 7) is 8.32. The van der Waals surface area contributed by atoms with Crippen LogP contribution < -0.4 is 5.46 Å². The number of fused-ring (bicyclic) bond motifs is 1. The van der Waals surface area contributed by atoms with E-state index in [1.54, 1.807) is 22.9 Å². The Balaban J connectivity index is 0.000000193. The molecule has 0 bridgehead atoms. The molecule has 1 aromatic heterocycles. The second-order valence-corrected chi connectivity index (χ2v) is 15.9. The lowest BCUT2D eigenvalue weighted by Gasteiger charge is -2.32. The Morgan fingerprint density at radius 3 is 1.65 bits per heavy atom. The zero-order valence-electron chi connectivity index (χ0n) is 33.9. The van der Waals surface area contributed by atoms with Gasteiger partial charge in [-0.2, -0.15) is 5.10 Å². The monoisotopic (exact) mass is 772 g/mol. The Kier molecular flexibility index (Phi) is 13.8. The fourth-order valence-corrected chi connectivity index (χ4v) is 7.39. The van der Waals surface area contributed by atoms with E-state index in [1.807, 2.05) is 114 Å². The van der Waals surface area contributed by atoms with Gasteiger partial charge in [0.05, 0.1) is 16.7 Å². The van der Waals surface area contributed by atoms with Gasteiger partial charge >= 0.3 is 7.12 Å². The van der Waals surface area contributed by atoms with Crippen LogP contribution in [0.1, 0.15) is 77.3 Å². The second-order valence-electron chi connectivity index (χ2n) is 15.9. The number of hydrogen-bond donors (Lipinski definition) is 2. The van der Waals surface area contributed by atoms with Crippen LogP contribution in [-0.4, -0.2) is 51.5 Å². The minimum absolute atomic E-state index is 0.229. The summed E-state index contributed by atoms with van der Waals surface area (Å²) in [6.07, 6.45) is 7.47. The molecule has 0 amide bonds. The summed E-state index contributed by atoms with van der Waals surface area (Å²) in [5, 5.41) is 23.4. The minimum atomic E-state index is -0.701. The van der Waals surface area contributed by atoms with Crippen LogP contribution in [0.2, 0.25) is 0 Å². The first kappa shape index (κ1) is 42.0. The summed E-state index contributed by atoms with van der Waals surface area (Å²) in [6, 6.07) is 34.9. The third-order valence-electron chi connectivity index (χ3n) is 11.4. The summed E-state index contributed by atoms with van der Waals surface area (Å²) in [7, 11) is 1.18. The highest BCUT2D eigenvalue weighted by Crippen LogP contribution is 2.37. The van der Waals surface area contributed by atoms with Crippen molar-refractivity contribution in [3.63, 3.8) is 0 Å². The molecule has 57 heavy (non-hydrogen) atoms. The largest absolute Gasteiger partial charge is 0.497 e. The van der Waals surface area contributed by atoms with Gasteiger partial charge in [0.2, 0.25) is 0 Å². The van der Waals surface area contributed by atoms with Crippen molar-refractivity contribution in [3.8, 4) is 33.5 Å². The molecule has 1 aliphatic heterocycles. The molecule has 0 spiro atoms. The zero-order chi connectivity index (χ0) is 40.6. The SMILES string of the molecule is CC1(C)OB(c2ccc(-c3ccccc3CCCCCO)cc2F)OC1(C)C.Cn1nc(-c2ccc(-c3ccccc3CCCCCO)cc2F)c2ccccc21. The van der Waals surface area contributed by atoms with Crippen LogP contribution in [0.25, 0.3) is 44.4 Å². The third kappa shape index (κ3) is 9.73. The Bertz CT molecular complexity index is 2250. The van der Waals surface area contributed by atoms with Crippen molar-refractivity contribution >= 4 is 23.5 Å². The van der Waals surface area contributed by atoms with E-state index in [0.29, 0.717) is 16.7 Å². The first-order valence-electron chi connectivity index (χ1n) is 20.2. The summed E-state index contributed by atoms with van der Waals surface area (Å²) >= 11 is 0. The van der Waals surface area contributed by atoms with Gasteiger partial charge in [-0.1, -0.05) is 97.8 Å². The topological polar surface area (TPSA) is 76.7 Å². The molecule has 9 heteroatoms. The van der Waals surface area contributed by atoms with Crippen LogP contribution in [0.15, 0.2) is 109 Å². The van der Waals surface area contributed by atoms with E-state index >= 15 is 4.39 Å². The predicted molar refractivity (Wildman–Crippen MR) is 228 cm³/mol. The molecule has 5 aromatic carbocycles. The molecule has 1 aliphatic rings. The first-order valence-corrected chi connectivity index (χ1v) is 20.2. The lowest BCUT2D eigenvalue weighted by molar-refractivity contribution is 0.00578. The molecule has 2 N–H and O–H groups in total. The van der Waals surface area contributed by atoms with E-state index in [9.17, 15) is 4.39 Å². The molecule has 1 saturated heterocycles. The summed E-state index contributed by atoms with van der Waals surface area (Å²) in [4.78, 5) is 0. The third-order valence-corrected chi connectivity index (χ3v) is 11.4. The average Bonchev–Trinajstić information content (AvgIpc) is 3.65. The lowest BCUT2D eigenvalue weighted by Crippen LogP contribution is -2.41. The fraction of sp³-hybridized carbons (Fsp3) is 0.354. The number of aromatic nitrogens is 2. The number of benzene rings is 5. The lowest BCUT2D eigenvalue weighted by atomic mass is 9.78. The maximum Gasteiger partial charge on any atom is 0.497 e. The molecule has 1 fully saturated rings. The van der Waals surface area contributed by atoms with Crippen LogP contribution >= 0.6 is 0 Å². The highest BCUT2D eigenvalue weighted by atomic mass is 19.1. The molecule has 0 unspecified atom stereocenters. The van der Waals surface area contributed by atoms with Crippen molar-refractivity contribution < 1.29 is 28.3 Å². The van der Waals surface area contributed by atoms with E-state index in [1.165, 1.54) is 11.1 Å². The molecule has 7 rings (SSSR count). The molecule has 6 nitrogen and oxygen atoms in total. The average molecular weight is 773 g/mol. The molecule has 0 saturated carbocycles. The van der Waals surface area contributed by atoms with Crippen molar-refractivity contribution in [2.75, 3.05) is 13.2 Å². The smallest absolute Gasteiger partial charge is 0.399 e. The van der Waals surface area contributed by atoms with Gasteiger partial charge in [-0.3, -0.25) is 4.68 Å². The molecule has 2 heterocycles. The fourth-order valence-electron chi connectivity index (χ4n) is 7.39. The van der Waals surface area contributed by atoms with Gasteiger partial charge in [0.25, 0.3) is 0 Å². The van der Waals surface area contributed by atoms with E-state index in [0.717, 1.165) is 84.5 Å². The van der Waals surface area contributed by atoms with E-state index in [2.05, 4.69) is 17.2 Å². The molecule has 0 atom stereocenters. The Labute approximate surface area is 336 Å². The standard InChI is InChI=1S/C25H25FN2O.C23H30BFO3/c1-28-24-13-7-6-12-22(24)25(27-28)21-15-14-19(17-23(21)26)20-11-5-4-10-18(20)9-3-2-8-16-29;1-22(2)23(3,4)28-24(27-22)20-14-13-18(16-21(20)25)19-12-8-7-11-17(19)10-6-5-9-15-26/h4-7,10-15,17,29H,2-3,8-9,16H2,1H3;7-8,11-14,16,26H,5-6,9-10,15H2,1-4H3. The molecule has 298 valence electrons. The second kappa shape index (κ2) is 18.7. The Morgan fingerprint density at radius 1 is 0.596 bits per heavy atom. The van der Waals surface area contributed by atoms with Crippen LogP contribution in [0, 0.1) is 11.6 Å². The van der Waals surface area contributed by atoms with Gasteiger partial charge in [0.15, 0.2) is 0 Å². The molecular weight excluding hydrogens is 717 g/mol. The van der Waals surface area contributed by atoms with Crippen molar-refractivity contribution in [2.45, 2.75) is 90.3 Å². The van der Waals surface area contributed by atoms with E-state index in [-0.39, 0.29) is 24.8 Å². The normalized spacial score (nSPS) is 14.5. The molecule has 0 aliphatic carbocycles. The van der Waals surface area contributed by atoms with Gasteiger partial charge in [-0.25, -0.2) is 8.78 Å². The van der Waals surface area contributed by atoms with Gasteiger partial charge in [0, 0.05) is 36.7 Å². The van der Waals surface area contributed by atoms with Gasteiger partial charge in [0.1, 0.15) is 17.3 Å². The zero-order valence-corrected chi connectivity index (χ0v) is 33.9. The number of aliphatic hydroxyl groups excluding tert-OH is 2. The van der Waals surface area contributed by atoms with Gasteiger partial charge in [-0.15, -0.1) is 0 Å². The Hall–Kier alpha value is -4.67. The molecule has 0 radical (unpaired) electrons. The van der Waals surface area contributed by atoms with Crippen molar-refractivity contribution in [3.05, 3.63) is 132 Å². The van der Waals surface area contributed by atoms with Gasteiger partial charge in [-0.05, 0) is 124 Å². The van der Waals surface area contributed by atoms with E-state index < -0.39 is 18.3 Å². The number of nitrogens with zero attached hydrogens (tertiary/aromatic N) is 2. The van der Waals surface area contributed by atoms with Crippen LogP contribution in [0.4, 0.5) is 8.78 Å². The van der Waals surface area contributed by atoms with Crippen LogP contribution in [0.5, 0.6) is 0 Å². The molecular formula is C48H55BF2N2O4. The van der Waals surface area contributed by atoms with Crippen molar-refractivity contribution in [2.24, 2.45) is 7.05 Å². The highest BCUT2D eigenvalue weighted by molar-refractivity contribution is 6.62. The molecule has 6 aromatic rings. The number of aryl methyl sites for hydroxylation is 3. The Morgan fingerprint density at radius 2 is 1.11 bits per heavy atom. The highest BCUT2D eigenvalue weighted by Gasteiger charge is 2.52. The van der Waals surface area contributed by atoms with E-state index in [4.69, 9.17) is 19.5 Å². The van der Waals surface area contributed by atoms with Crippen LogP contribution in [-0.2, 0) is 29.2 Å².